The zero-order valence-electron chi connectivity index (χ0n) is 11.6. The molecular weight excluding hydrogens is 261 g/mol. The first-order valence-corrected chi connectivity index (χ1v) is 6.92. The Labute approximate surface area is 117 Å². The molecule has 1 aromatic rings. The predicted molar refractivity (Wildman–Crippen MR) is 74.1 cm³/mol. The Morgan fingerprint density at radius 1 is 1.55 bits per heavy atom. The lowest BCUT2D eigenvalue weighted by molar-refractivity contribution is 0.0638. The number of aromatic nitrogens is 1. The summed E-state index contributed by atoms with van der Waals surface area (Å²) in [6.45, 7) is 0.170. The number of carbonyl (C=O) groups excluding carboxylic acids is 1. The van der Waals surface area contributed by atoms with Crippen LogP contribution in [-0.4, -0.2) is 47.1 Å². The molecule has 1 amide bonds. The molecule has 0 radical (unpaired) electrons. The number of halogens is 1. The van der Waals surface area contributed by atoms with E-state index in [1.165, 1.54) is 6.07 Å². The molecule has 1 heterocycles. The van der Waals surface area contributed by atoms with Crippen LogP contribution in [0, 0.1) is 5.82 Å². The van der Waals surface area contributed by atoms with Crippen molar-refractivity contribution in [2.75, 3.05) is 25.5 Å². The minimum absolute atomic E-state index is 0.0974. The first-order chi connectivity index (χ1) is 9.67. The number of hydrogen-bond donors (Lipinski definition) is 2. The molecule has 0 unspecified atom stereocenters. The minimum Gasteiger partial charge on any atom is -0.395 e. The second kappa shape index (κ2) is 6.65. The number of hydrogen-bond acceptors (Lipinski definition) is 4. The molecule has 20 heavy (non-hydrogen) atoms. The van der Waals surface area contributed by atoms with E-state index >= 15 is 0 Å². The number of carbonyl (C=O) groups is 1. The topological polar surface area (TPSA) is 65.5 Å². The highest BCUT2D eigenvalue weighted by Gasteiger charge is 2.28. The van der Waals surface area contributed by atoms with E-state index in [2.05, 4.69) is 10.3 Å². The fourth-order valence-electron chi connectivity index (χ4n) is 2.73. The van der Waals surface area contributed by atoms with Crippen molar-refractivity contribution < 1.29 is 14.3 Å². The quantitative estimate of drug-likeness (QED) is 0.861. The SMILES string of the molecule is CNc1ncc(F)cc1C(=O)N(CCO)C1CCCC1. The van der Waals surface area contributed by atoms with E-state index in [9.17, 15) is 14.3 Å². The first kappa shape index (κ1) is 14.7. The molecule has 6 heteroatoms. The molecule has 1 aliphatic rings. The molecular formula is C14H20FN3O2. The molecule has 2 N–H and O–H groups in total. The van der Waals surface area contributed by atoms with Crippen molar-refractivity contribution in [2.24, 2.45) is 0 Å². The molecule has 0 bridgehead atoms. The third-order valence-electron chi connectivity index (χ3n) is 3.69. The van der Waals surface area contributed by atoms with Crippen LogP contribution in [0.25, 0.3) is 0 Å². The average Bonchev–Trinajstić information content (AvgIpc) is 2.98. The Morgan fingerprint density at radius 2 is 2.25 bits per heavy atom. The van der Waals surface area contributed by atoms with E-state index in [-0.39, 0.29) is 30.7 Å². The molecule has 0 aromatic carbocycles. The van der Waals surface area contributed by atoms with Gasteiger partial charge in [-0.3, -0.25) is 4.79 Å². The van der Waals surface area contributed by atoms with Gasteiger partial charge >= 0.3 is 0 Å². The van der Waals surface area contributed by atoms with Gasteiger partial charge in [-0.15, -0.1) is 0 Å². The van der Waals surface area contributed by atoms with Gasteiger partial charge in [0.15, 0.2) is 0 Å². The third-order valence-corrected chi connectivity index (χ3v) is 3.69. The maximum absolute atomic E-state index is 13.4. The van der Waals surface area contributed by atoms with Gasteiger partial charge in [0.1, 0.15) is 11.6 Å². The van der Waals surface area contributed by atoms with Gasteiger partial charge in [-0.05, 0) is 18.9 Å². The third kappa shape index (κ3) is 3.07. The van der Waals surface area contributed by atoms with Crippen LogP contribution in [0.2, 0.25) is 0 Å². The summed E-state index contributed by atoms with van der Waals surface area (Å²) in [5.41, 5.74) is 0.216. The standard InChI is InChI=1S/C14H20FN3O2/c1-16-13-12(8-10(15)9-17-13)14(20)18(6-7-19)11-4-2-3-5-11/h8-9,11,19H,2-7H2,1H3,(H,16,17). The van der Waals surface area contributed by atoms with Crippen molar-refractivity contribution in [1.29, 1.82) is 0 Å². The fraction of sp³-hybridized carbons (Fsp3) is 0.571. The first-order valence-electron chi connectivity index (χ1n) is 6.92. The minimum atomic E-state index is -0.539. The number of aliphatic hydroxyl groups is 1. The van der Waals surface area contributed by atoms with Crippen molar-refractivity contribution in [3.63, 3.8) is 0 Å². The highest BCUT2D eigenvalue weighted by molar-refractivity contribution is 5.98. The second-order valence-electron chi connectivity index (χ2n) is 4.96. The zero-order valence-corrected chi connectivity index (χ0v) is 11.6. The lowest BCUT2D eigenvalue weighted by Crippen LogP contribution is -2.41. The summed E-state index contributed by atoms with van der Waals surface area (Å²) < 4.78 is 13.4. The van der Waals surface area contributed by atoms with Gasteiger partial charge in [0, 0.05) is 19.6 Å². The Bertz CT molecular complexity index is 475. The predicted octanol–water partition coefficient (Wildman–Crippen LogP) is 1.64. The van der Waals surface area contributed by atoms with Crippen molar-refractivity contribution in [1.82, 2.24) is 9.88 Å². The number of nitrogens with one attached hydrogen (secondary N) is 1. The largest absolute Gasteiger partial charge is 0.395 e. The smallest absolute Gasteiger partial charge is 0.258 e. The highest BCUT2D eigenvalue weighted by atomic mass is 19.1. The summed E-state index contributed by atoms with van der Waals surface area (Å²) in [6.07, 6.45) is 5.11. The van der Waals surface area contributed by atoms with Gasteiger partial charge in [0.2, 0.25) is 0 Å². The van der Waals surface area contributed by atoms with E-state index in [1.807, 2.05) is 0 Å². The Hall–Kier alpha value is -1.69. The summed E-state index contributed by atoms with van der Waals surface area (Å²) in [7, 11) is 1.64. The molecule has 0 spiro atoms. The number of amides is 1. The molecule has 1 aliphatic carbocycles. The molecule has 1 saturated carbocycles. The molecule has 2 rings (SSSR count). The molecule has 5 nitrogen and oxygen atoms in total. The van der Waals surface area contributed by atoms with Gasteiger partial charge in [0.05, 0.1) is 18.4 Å². The molecule has 1 aromatic heterocycles. The normalized spacial score (nSPS) is 15.3. The van der Waals surface area contributed by atoms with Crippen LogP contribution < -0.4 is 5.32 Å². The average molecular weight is 281 g/mol. The fourth-order valence-corrected chi connectivity index (χ4v) is 2.73. The zero-order chi connectivity index (χ0) is 14.5. The summed E-state index contributed by atoms with van der Waals surface area (Å²) in [5.74, 6) is -0.456. The van der Waals surface area contributed by atoms with Gasteiger partial charge in [-0.25, -0.2) is 9.37 Å². The van der Waals surface area contributed by atoms with Gasteiger partial charge in [-0.1, -0.05) is 12.8 Å². The van der Waals surface area contributed by atoms with E-state index in [4.69, 9.17) is 0 Å². The number of rotatable bonds is 5. The summed E-state index contributed by atoms with van der Waals surface area (Å²) in [5, 5.41) is 12.0. The Balaban J connectivity index is 2.28. The molecule has 0 saturated heterocycles. The monoisotopic (exact) mass is 281 g/mol. The lowest BCUT2D eigenvalue weighted by atomic mass is 10.1. The van der Waals surface area contributed by atoms with Crippen LogP contribution in [0.15, 0.2) is 12.3 Å². The van der Waals surface area contributed by atoms with Crippen molar-refractivity contribution >= 4 is 11.7 Å². The Kier molecular flexibility index (Phi) is 4.89. The lowest BCUT2D eigenvalue weighted by Gasteiger charge is -2.28. The van der Waals surface area contributed by atoms with Gasteiger partial charge in [-0.2, -0.15) is 0 Å². The van der Waals surface area contributed by atoms with Crippen LogP contribution in [0.5, 0.6) is 0 Å². The number of pyridine rings is 1. The van der Waals surface area contributed by atoms with Crippen LogP contribution >= 0.6 is 0 Å². The van der Waals surface area contributed by atoms with E-state index in [1.54, 1.807) is 11.9 Å². The molecule has 1 fully saturated rings. The van der Waals surface area contributed by atoms with Crippen molar-refractivity contribution in [3.05, 3.63) is 23.6 Å². The second-order valence-corrected chi connectivity index (χ2v) is 4.96. The molecule has 110 valence electrons. The number of aliphatic hydroxyl groups excluding tert-OH is 1. The van der Waals surface area contributed by atoms with Gasteiger partial charge < -0.3 is 15.3 Å². The van der Waals surface area contributed by atoms with Crippen molar-refractivity contribution in [3.8, 4) is 0 Å². The summed E-state index contributed by atoms with van der Waals surface area (Å²) in [6, 6.07) is 1.32. The van der Waals surface area contributed by atoms with E-state index < -0.39 is 5.82 Å². The van der Waals surface area contributed by atoms with Crippen LogP contribution in [0.4, 0.5) is 10.2 Å². The van der Waals surface area contributed by atoms with Crippen LogP contribution in [0.1, 0.15) is 36.0 Å². The van der Waals surface area contributed by atoms with E-state index in [0.29, 0.717) is 5.82 Å². The summed E-state index contributed by atoms with van der Waals surface area (Å²) >= 11 is 0. The van der Waals surface area contributed by atoms with Gasteiger partial charge in [0.25, 0.3) is 5.91 Å². The number of anilines is 1. The Morgan fingerprint density at radius 3 is 2.85 bits per heavy atom. The maximum Gasteiger partial charge on any atom is 0.258 e. The number of nitrogens with zero attached hydrogens (tertiary/aromatic N) is 2. The highest BCUT2D eigenvalue weighted by Crippen LogP contribution is 2.26. The maximum atomic E-state index is 13.4. The van der Waals surface area contributed by atoms with Crippen molar-refractivity contribution in [2.45, 2.75) is 31.7 Å². The summed E-state index contributed by atoms with van der Waals surface area (Å²) in [4.78, 5) is 18.2. The molecule has 0 atom stereocenters. The van der Waals surface area contributed by atoms with Crippen LogP contribution in [0.3, 0.4) is 0 Å². The molecule has 0 aliphatic heterocycles. The van der Waals surface area contributed by atoms with Crippen LogP contribution in [-0.2, 0) is 0 Å². The van der Waals surface area contributed by atoms with E-state index in [0.717, 1.165) is 31.9 Å².